The Labute approximate surface area is 171 Å². The third-order valence-corrected chi connectivity index (χ3v) is 6.71. The Bertz CT molecular complexity index is 986. The van der Waals surface area contributed by atoms with Crippen molar-refractivity contribution in [2.24, 2.45) is 0 Å². The van der Waals surface area contributed by atoms with Crippen LogP contribution in [0.15, 0.2) is 41.4 Å². The van der Waals surface area contributed by atoms with Gasteiger partial charge in [0.05, 0.1) is 17.6 Å². The lowest BCUT2D eigenvalue weighted by molar-refractivity contribution is 0.0951. The fraction of sp³-hybridized carbons (Fsp3) is 0.400. The number of anilines is 1. The largest absolute Gasteiger partial charge is 0.481 e. The molecule has 2 heterocycles. The van der Waals surface area contributed by atoms with Gasteiger partial charge in [-0.3, -0.25) is 4.79 Å². The molecule has 8 nitrogen and oxygen atoms in total. The van der Waals surface area contributed by atoms with Crippen molar-refractivity contribution in [2.45, 2.75) is 24.3 Å². The summed E-state index contributed by atoms with van der Waals surface area (Å²) >= 11 is 0. The van der Waals surface area contributed by atoms with Crippen molar-refractivity contribution in [1.82, 2.24) is 14.6 Å². The zero-order valence-electron chi connectivity index (χ0n) is 16.9. The van der Waals surface area contributed by atoms with E-state index in [0.717, 1.165) is 41.5 Å². The molecule has 156 valence electrons. The fourth-order valence-electron chi connectivity index (χ4n) is 3.25. The second kappa shape index (κ2) is 8.79. The molecule has 0 spiro atoms. The van der Waals surface area contributed by atoms with E-state index in [1.54, 1.807) is 30.5 Å². The first kappa shape index (κ1) is 21.1. The normalized spacial score (nSPS) is 14.3. The van der Waals surface area contributed by atoms with Crippen LogP contribution >= 0.6 is 0 Å². The molecule has 0 saturated carbocycles. The van der Waals surface area contributed by atoms with Gasteiger partial charge in [0.25, 0.3) is 5.91 Å². The van der Waals surface area contributed by atoms with Crippen LogP contribution in [0.5, 0.6) is 5.88 Å². The van der Waals surface area contributed by atoms with Gasteiger partial charge in [0.15, 0.2) is 0 Å². The zero-order chi connectivity index (χ0) is 21.0. The summed E-state index contributed by atoms with van der Waals surface area (Å²) in [7, 11) is 0.837. The van der Waals surface area contributed by atoms with E-state index in [1.165, 1.54) is 27.3 Å². The average Bonchev–Trinajstić information content (AvgIpc) is 3.26. The highest BCUT2D eigenvalue weighted by Crippen LogP contribution is 2.28. The Morgan fingerprint density at radius 1 is 1.21 bits per heavy atom. The maximum absolute atomic E-state index is 13.0. The van der Waals surface area contributed by atoms with Gasteiger partial charge < -0.3 is 15.0 Å². The third kappa shape index (κ3) is 4.68. The highest BCUT2D eigenvalue weighted by Gasteiger charge is 2.24. The molecule has 1 aliphatic rings. The number of sulfonamides is 1. The molecule has 0 atom stereocenters. The van der Waals surface area contributed by atoms with Crippen molar-refractivity contribution < 1.29 is 17.9 Å². The Morgan fingerprint density at radius 2 is 1.93 bits per heavy atom. The first-order valence-electron chi connectivity index (χ1n) is 9.41. The number of hydrogen-bond donors (Lipinski definition) is 1. The van der Waals surface area contributed by atoms with E-state index in [1.807, 2.05) is 0 Å². The molecule has 1 saturated heterocycles. The van der Waals surface area contributed by atoms with E-state index in [4.69, 9.17) is 4.74 Å². The Morgan fingerprint density at radius 3 is 2.59 bits per heavy atom. The summed E-state index contributed by atoms with van der Waals surface area (Å²) in [6.45, 7) is 1.98. The number of carbonyl (C=O) groups is 1. The summed E-state index contributed by atoms with van der Waals surface area (Å²) in [5, 5.41) is 2.88. The fourth-order valence-corrected chi connectivity index (χ4v) is 4.18. The molecule has 1 amide bonds. The van der Waals surface area contributed by atoms with Gasteiger partial charge in [-0.2, -0.15) is 0 Å². The Hall–Kier alpha value is -2.65. The smallest absolute Gasteiger partial charge is 0.253 e. The van der Waals surface area contributed by atoms with E-state index >= 15 is 0 Å². The van der Waals surface area contributed by atoms with Gasteiger partial charge in [0, 0.05) is 51.7 Å². The van der Waals surface area contributed by atoms with Gasteiger partial charge in [-0.15, -0.1) is 0 Å². The lowest BCUT2D eigenvalue weighted by Crippen LogP contribution is -2.28. The van der Waals surface area contributed by atoms with Crippen LogP contribution in [-0.2, 0) is 16.6 Å². The topological polar surface area (TPSA) is 91.8 Å². The number of benzene rings is 1. The number of aromatic nitrogens is 1. The van der Waals surface area contributed by atoms with E-state index in [9.17, 15) is 13.2 Å². The lowest BCUT2D eigenvalue weighted by Gasteiger charge is -2.22. The standard InChI is InChI=1S/C20H26N4O4S/c1-23(2)29(26,27)16-6-7-18(24-10-4-5-11-24)17(13-16)20(25)22-14-15-8-9-21-19(12-15)28-3/h6-9,12-13H,4-5,10-11,14H2,1-3H3,(H,22,25). The summed E-state index contributed by atoms with van der Waals surface area (Å²) < 4.78 is 31.3. The number of pyridine rings is 1. The number of ether oxygens (including phenoxy) is 1. The Balaban J connectivity index is 1.90. The van der Waals surface area contributed by atoms with Crippen molar-refractivity contribution >= 4 is 21.6 Å². The lowest BCUT2D eigenvalue weighted by atomic mass is 10.1. The molecule has 1 fully saturated rings. The summed E-state index contributed by atoms with van der Waals surface area (Å²) in [6, 6.07) is 8.29. The maximum Gasteiger partial charge on any atom is 0.253 e. The van der Waals surface area contributed by atoms with Crippen molar-refractivity contribution in [3.8, 4) is 5.88 Å². The summed E-state index contributed by atoms with van der Waals surface area (Å²) in [4.78, 5) is 19.3. The van der Waals surface area contributed by atoms with E-state index in [0.29, 0.717) is 11.4 Å². The molecule has 1 aromatic heterocycles. The number of methoxy groups -OCH3 is 1. The summed E-state index contributed by atoms with van der Waals surface area (Å²) in [5.41, 5.74) is 1.95. The predicted octanol–water partition coefficient (Wildman–Crippen LogP) is 1.87. The minimum Gasteiger partial charge on any atom is -0.481 e. The molecule has 0 bridgehead atoms. The monoisotopic (exact) mass is 418 g/mol. The van der Waals surface area contributed by atoms with Crippen LogP contribution in [0.25, 0.3) is 0 Å². The molecule has 1 aromatic carbocycles. The van der Waals surface area contributed by atoms with Crippen molar-refractivity contribution in [1.29, 1.82) is 0 Å². The van der Waals surface area contributed by atoms with E-state index in [-0.39, 0.29) is 17.3 Å². The number of carbonyl (C=O) groups excluding carboxylic acids is 1. The van der Waals surface area contributed by atoms with Gasteiger partial charge in [-0.05, 0) is 42.7 Å². The average molecular weight is 419 g/mol. The van der Waals surface area contributed by atoms with Crippen LogP contribution in [0.4, 0.5) is 5.69 Å². The molecule has 0 unspecified atom stereocenters. The molecule has 3 rings (SSSR count). The van der Waals surface area contributed by atoms with Crippen LogP contribution in [0.3, 0.4) is 0 Å². The number of hydrogen-bond acceptors (Lipinski definition) is 6. The van der Waals surface area contributed by atoms with E-state index < -0.39 is 10.0 Å². The van der Waals surface area contributed by atoms with Crippen molar-refractivity contribution in [3.63, 3.8) is 0 Å². The Kier molecular flexibility index (Phi) is 6.39. The number of nitrogens with zero attached hydrogens (tertiary/aromatic N) is 3. The van der Waals surface area contributed by atoms with Gasteiger partial charge in [-0.1, -0.05) is 0 Å². The number of nitrogens with one attached hydrogen (secondary N) is 1. The van der Waals surface area contributed by atoms with Crippen molar-refractivity contribution in [3.05, 3.63) is 47.7 Å². The second-order valence-electron chi connectivity index (χ2n) is 7.05. The van der Waals surface area contributed by atoms with Crippen LogP contribution in [0, 0.1) is 0 Å². The molecule has 0 radical (unpaired) electrons. The minimum absolute atomic E-state index is 0.0983. The quantitative estimate of drug-likeness (QED) is 0.738. The van der Waals surface area contributed by atoms with Gasteiger partial charge in [0.2, 0.25) is 15.9 Å². The molecule has 2 aromatic rings. The van der Waals surface area contributed by atoms with Gasteiger partial charge >= 0.3 is 0 Å². The number of amides is 1. The van der Waals surface area contributed by atoms with Crippen LogP contribution in [0.2, 0.25) is 0 Å². The maximum atomic E-state index is 13.0. The van der Waals surface area contributed by atoms with Gasteiger partial charge in [-0.25, -0.2) is 17.7 Å². The minimum atomic E-state index is -3.64. The SMILES string of the molecule is COc1cc(CNC(=O)c2cc(S(=O)(=O)N(C)C)ccc2N2CCCC2)ccn1. The highest BCUT2D eigenvalue weighted by molar-refractivity contribution is 7.89. The van der Waals surface area contributed by atoms with Crippen LogP contribution < -0.4 is 15.0 Å². The van der Waals surface area contributed by atoms with Crippen LogP contribution in [-0.4, -0.2) is 57.9 Å². The molecular formula is C20H26N4O4S. The first-order chi connectivity index (χ1) is 13.8. The molecule has 0 aliphatic carbocycles. The highest BCUT2D eigenvalue weighted by atomic mass is 32.2. The summed E-state index contributed by atoms with van der Waals surface area (Å²) in [6.07, 6.45) is 3.71. The number of rotatable bonds is 7. The van der Waals surface area contributed by atoms with Gasteiger partial charge in [0.1, 0.15) is 0 Å². The van der Waals surface area contributed by atoms with E-state index in [2.05, 4.69) is 15.2 Å². The van der Waals surface area contributed by atoms with Crippen molar-refractivity contribution in [2.75, 3.05) is 39.2 Å². The zero-order valence-corrected chi connectivity index (χ0v) is 17.7. The molecule has 1 aliphatic heterocycles. The second-order valence-corrected chi connectivity index (χ2v) is 9.20. The molecule has 9 heteroatoms. The molecule has 29 heavy (non-hydrogen) atoms. The molecular weight excluding hydrogens is 392 g/mol. The van der Waals surface area contributed by atoms with Crippen LogP contribution in [0.1, 0.15) is 28.8 Å². The summed E-state index contributed by atoms with van der Waals surface area (Å²) in [5.74, 6) is 0.145. The first-order valence-corrected chi connectivity index (χ1v) is 10.9. The third-order valence-electron chi connectivity index (χ3n) is 4.90. The predicted molar refractivity (Wildman–Crippen MR) is 111 cm³/mol. The molecule has 1 N–H and O–H groups in total.